The molecule has 0 saturated carbocycles. The summed E-state index contributed by atoms with van der Waals surface area (Å²) in [6, 6.07) is 0. The van der Waals surface area contributed by atoms with Gasteiger partial charge in [0.2, 0.25) is 0 Å². The van der Waals surface area contributed by atoms with E-state index in [0.717, 1.165) is 58.8 Å². The molecule has 0 atom stereocenters. The first kappa shape index (κ1) is 19.5. The molecule has 3 fully saturated rings. The third-order valence-electron chi connectivity index (χ3n) is 5.86. The van der Waals surface area contributed by atoms with Gasteiger partial charge in [-0.2, -0.15) is 0 Å². The fourth-order valence-electron chi connectivity index (χ4n) is 3.81. The second-order valence-corrected chi connectivity index (χ2v) is 7.75. The lowest BCUT2D eigenvalue weighted by Crippen LogP contribution is -2.52. The molecule has 0 aromatic heterocycles. The van der Waals surface area contributed by atoms with Crippen molar-refractivity contribution in [2.75, 3.05) is 72.7 Å². The summed E-state index contributed by atoms with van der Waals surface area (Å²) in [5.74, 6) is 0. The van der Waals surface area contributed by atoms with Gasteiger partial charge in [0.1, 0.15) is 0 Å². The van der Waals surface area contributed by atoms with E-state index in [1.54, 1.807) is 0 Å². The molecule has 3 saturated heterocycles. The second-order valence-electron chi connectivity index (χ2n) is 7.75. The Morgan fingerprint density at radius 3 is 2.04 bits per heavy atom. The van der Waals surface area contributed by atoms with Crippen molar-refractivity contribution in [1.82, 2.24) is 25.3 Å². The van der Waals surface area contributed by atoms with E-state index in [-0.39, 0.29) is 0 Å². The Balaban J connectivity index is 1.24. The number of likely N-dealkylation sites (N-methyl/N-ethyl adjacent to an activating group) is 1. The monoisotopic (exact) mass is 355 g/mol. The molecule has 0 spiro atoms. The first-order valence-corrected chi connectivity index (χ1v) is 10.1. The summed E-state index contributed by atoms with van der Waals surface area (Å²) in [6.07, 6.45) is 5.31. The van der Waals surface area contributed by atoms with Gasteiger partial charge < -0.3 is 14.5 Å². The van der Waals surface area contributed by atoms with Crippen LogP contribution in [0.3, 0.4) is 0 Å². The van der Waals surface area contributed by atoms with E-state index in [2.05, 4.69) is 39.3 Å². The highest BCUT2D eigenvalue weighted by Gasteiger charge is 2.24. The van der Waals surface area contributed by atoms with Crippen LogP contribution in [0.25, 0.3) is 0 Å². The molecule has 0 amide bonds. The second kappa shape index (κ2) is 10.2. The summed E-state index contributed by atoms with van der Waals surface area (Å²) in [4.78, 5) is 13.2. The van der Waals surface area contributed by atoms with Crippen LogP contribution in [-0.2, 0) is 9.57 Å². The largest absolute Gasteiger partial charge is 0.363 e. The highest BCUT2D eigenvalue weighted by molar-refractivity contribution is 4.74. The molecule has 3 heterocycles. The van der Waals surface area contributed by atoms with Gasteiger partial charge in [-0.1, -0.05) is 6.92 Å². The number of ether oxygens (including phenoxy) is 1. The van der Waals surface area contributed by atoms with Crippen LogP contribution in [0.4, 0.5) is 0 Å². The van der Waals surface area contributed by atoms with Gasteiger partial charge in [0, 0.05) is 52.4 Å². The minimum Gasteiger partial charge on any atom is -0.363 e. The summed E-state index contributed by atoms with van der Waals surface area (Å²) in [7, 11) is 2.17. The molecule has 3 aliphatic rings. The number of piperazine rings is 1. The Morgan fingerprint density at radius 2 is 1.40 bits per heavy atom. The Morgan fingerprint density at radius 1 is 0.800 bits per heavy atom. The summed E-state index contributed by atoms with van der Waals surface area (Å²) in [5.41, 5.74) is 3.17. The number of rotatable bonds is 7. The lowest BCUT2D eigenvalue weighted by Gasteiger charge is -2.36. The standard InChI is InChI=1S/C18H37N5O2/c1-3-21-8-4-17(5-9-21)24-16-22-10-6-18(7-11-22)25-19-23-14-12-20(2)13-15-23/h17-19H,3-16H2,1-2H3. The van der Waals surface area contributed by atoms with Crippen LogP contribution in [0.15, 0.2) is 0 Å². The van der Waals surface area contributed by atoms with Crippen LogP contribution in [-0.4, -0.2) is 105 Å². The minimum absolute atomic E-state index is 0.323. The van der Waals surface area contributed by atoms with Crippen LogP contribution in [0.1, 0.15) is 32.6 Å². The average molecular weight is 356 g/mol. The van der Waals surface area contributed by atoms with Gasteiger partial charge in [0.15, 0.2) is 0 Å². The molecule has 1 N–H and O–H groups in total. The van der Waals surface area contributed by atoms with Crippen molar-refractivity contribution < 1.29 is 9.57 Å². The van der Waals surface area contributed by atoms with Gasteiger partial charge in [-0.05, 0) is 39.3 Å². The van der Waals surface area contributed by atoms with Gasteiger partial charge in [-0.3, -0.25) is 9.74 Å². The molecule has 0 aromatic rings. The SMILES string of the molecule is CCN1CCC(OCN2CCC(ONN3CCN(C)CC3)CC2)CC1. The van der Waals surface area contributed by atoms with E-state index in [1.807, 2.05) is 0 Å². The van der Waals surface area contributed by atoms with E-state index in [4.69, 9.17) is 9.57 Å². The minimum atomic E-state index is 0.323. The molecule has 146 valence electrons. The smallest absolute Gasteiger partial charge is 0.0994 e. The third kappa shape index (κ3) is 6.43. The zero-order chi connectivity index (χ0) is 17.5. The predicted octanol–water partition coefficient (Wildman–Crippen LogP) is 0.593. The highest BCUT2D eigenvalue weighted by atomic mass is 16.7. The molecule has 0 aromatic carbocycles. The zero-order valence-electron chi connectivity index (χ0n) is 16.2. The predicted molar refractivity (Wildman–Crippen MR) is 99.0 cm³/mol. The summed E-state index contributed by atoms with van der Waals surface area (Å²) in [5, 5.41) is 2.19. The molecule has 3 rings (SSSR count). The van der Waals surface area contributed by atoms with Crippen molar-refractivity contribution in [3.63, 3.8) is 0 Å². The van der Waals surface area contributed by atoms with Crippen LogP contribution in [0.5, 0.6) is 0 Å². The molecular weight excluding hydrogens is 318 g/mol. The van der Waals surface area contributed by atoms with Crippen LogP contribution in [0, 0.1) is 0 Å². The van der Waals surface area contributed by atoms with Gasteiger partial charge in [0.25, 0.3) is 0 Å². The topological polar surface area (TPSA) is 43.5 Å². The number of likely N-dealkylation sites (tertiary alicyclic amines) is 2. The highest BCUT2D eigenvalue weighted by Crippen LogP contribution is 2.16. The van der Waals surface area contributed by atoms with Crippen LogP contribution < -0.4 is 5.59 Å². The number of hydrogen-bond donors (Lipinski definition) is 1. The molecule has 0 bridgehead atoms. The van der Waals surface area contributed by atoms with Gasteiger partial charge in [0.05, 0.1) is 18.9 Å². The van der Waals surface area contributed by atoms with E-state index >= 15 is 0 Å². The molecule has 0 unspecified atom stereocenters. The summed E-state index contributed by atoms with van der Waals surface area (Å²) in [6.45, 7) is 13.0. The van der Waals surface area contributed by atoms with E-state index in [0.29, 0.717) is 12.2 Å². The molecule has 25 heavy (non-hydrogen) atoms. The lowest BCUT2D eigenvalue weighted by atomic mass is 10.1. The Bertz CT molecular complexity index is 362. The van der Waals surface area contributed by atoms with Crippen molar-refractivity contribution in [2.45, 2.75) is 44.8 Å². The number of piperidine rings is 2. The zero-order valence-corrected chi connectivity index (χ0v) is 16.2. The maximum absolute atomic E-state index is 6.15. The maximum atomic E-state index is 6.15. The number of nitrogens with zero attached hydrogens (tertiary/aromatic N) is 4. The quantitative estimate of drug-likeness (QED) is 0.671. The maximum Gasteiger partial charge on any atom is 0.0994 e. The fraction of sp³-hybridized carbons (Fsp3) is 1.00. The van der Waals surface area contributed by atoms with Crippen molar-refractivity contribution in [3.8, 4) is 0 Å². The Kier molecular flexibility index (Phi) is 7.91. The Hall–Kier alpha value is -0.280. The number of hydrogen-bond acceptors (Lipinski definition) is 7. The molecule has 3 aliphatic heterocycles. The fourth-order valence-corrected chi connectivity index (χ4v) is 3.81. The molecule has 7 nitrogen and oxygen atoms in total. The molecule has 0 radical (unpaired) electrons. The van der Waals surface area contributed by atoms with Crippen molar-refractivity contribution in [2.24, 2.45) is 0 Å². The van der Waals surface area contributed by atoms with E-state index in [9.17, 15) is 0 Å². The normalized spacial score (nSPS) is 27.1. The van der Waals surface area contributed by atoms with Crippen LogP contribution >= 0.6 is 0 Å². The summed E-state index contributed by atoms with van der Waals surface area (Å²) < 4.78 is 6.15. The third-order valence-corrected chi connectivity index (χ3v) is 5.86. The molecule has 7 heteroatoms. The van der Waals surface area contributed by atoms with Crippen molar-refractivity contribution in [3.05, 3.63) is 0 Å². The van der Waals surface area contributed by atoms with Crippen molar-refractivity contribution >= 4 is 0 Å². The van der Waals surface area contributed by atoms with Crippen LogP contribution in [0.2, 0.25) is 0 Å². The van der Waals surface area contributed by atoms with Gasteiger partial charge in [-0.15, -0.1) is 5.59 Å². The Labute approximate surface area is 153 Å². The van der Waals surface area contributed by atoms with Gasteiger partial charge in [-0.25, -0.2) is 5.01 Å². The average Bonchev–Trinajstić information content (AvgIpc) is 2.67. The first-order valence-electron chi connectivity index (χ1n) is 10.1. The number of hydrazine groups is 1. The lowest BCUT2D eigenvalue weighted by molar-refractivity contribution is -0.151. The van der Waals surface area contributed by atoms with Gasteiger partial charge >= 0.3 is 0 Å². The molecular formula is C18H37N5O2. The van der Waals surface area contributed by atoms with Crippen molar-refractivity contribution in [1.29, 1.82) is 0 Å². The molecule has 0 aliphatic carbocycles. The number of nitrogens with one attached hydrogen (secondary N) is 1. The summed E-state index contributed by atoms with van der Waals surface area (Å²) >= 11 is 0. The first-order chi connectivity index (χ1) is 12.2. The van der Waals surface area contributed by atoms with E-state index in [1.165, 1.54) is 32.5 Å². The van der Waals surface area contributed by atoms with E-state index < -0.39 is 0 Å².